The maximum absolute atomic E-state index is 11.1. The van der Waals surface area contributed by atoms with Crippen LogP contribution < -0.4 is 5.56 Å². The SMILES string of the molecule is CCCC(CC(=O)O)n1nnnc1-c1ccc(=O)[nH]c1. The number of nitrogens with one attached hydrogen (secondary N) is 1. The molecule has 1 unspecified atom stereocenters. The number of hydrogen-bond acceptors (Lipinski definition) is 5. The van der Waals surface area contributed by atoms with E-state index in [0.29, 0.717) is 17.8 Å². The van der Waals surface area contributed by atoms with Crippen molar-refractivity contribution in [2.45, 2.75) is 32.2 Å². The molecule has 2 heterocycles. The average molecular weight is 277 g/mol. The number of aliphatic carboxylic acids is 1. The van der Waals surface area contributed by atoms with E-state index in [9.17, 15) is 9.59 Å². The van der Waals surface area contributed by atoms with Crippen LogP contribution in [0.25, 0.3) is 11.4 Å². The van der Waals surface area contributed by atoms with Gasteiger partial charge >= 0.3 is 5.97 Å². The molecule has 106 valence electrons. The molecule has 0 aromatic carbocycles. The lowest BCUT2D eigenvalue weighted by Crippen LogP contribution is -2.16. The molecule has 20 heavy (non-hydrogen) atoms. The zero-order valence-electron chi connectivity index (χ0n) is 11.0. The number of carbonyl (C=O) groups is 1. The van der Waals surface area contributed by atoms with Crippen LogP contribution in [0, 0.1) is 0 Å². The second kappa shape index (κ2) is 6.09. The molecule has 0 saturated heterocycles. The molecule has 2 aromatic rings. The summed E-state index contributed by atoms with van der Waals surface area (Å²) >= 11 is 0. The number of pyridine rings is 1. The quantitative estimate of drug-likeness (QED) is 0.808. The highest BCUT2D eigenvalue weighted by atomic mass is 16.4. The topological polar surface area (TPSA) is 114 Å². The van der Waals surface area contributed by atoms with Gasteiger partial charge in [-0.15, -0.1) is 5.10 Å². The molecule has 0 fully saturated rings. The van der Waals surface area contributed by atoms with Crippen molar-refractivity contribution < 1.29 is 9.90 Å². The zero-order chi connectivity index (χ0) is 14.5. The average Bonchev–Trinajstić information content (AvgIpc) is 2.88. The Hall–Kier alpha value is -2.51. The summed E-state index contributed by atoms with van der Waals surface area (Å²) in [6.07, 6.45) is 2.94. The molecule has 0 aliphatic rings. The molecule has 2 aromatic heterocycles. The molecule has 8 nitrogen and oxygen atoms in total. The van der Waals surface area contributed by atoms with Crippen LogP contribution in [-0.4, -0.2) is 36.3 Å². The van der Waals surface area contributed by atoms with Crippen molar-refractivity contribution in [1.29, 1.82) is 0 Å². The van der Waals surface area contributed by atoms with E-state index in [4.69, 9.17) is 5.11 Å². The Balaban J connectivity index is 2.37. The largest absolute Gasteiger partial charge is 0.481 e. The van der Waals surface area contributed by atoms with Gasteiger partial charge in [-0.2, -0.15) is 0 Å². The first-order valence-corrected chi connectivity index (χ1v) is 6.30. The molecule has 0 aliphatic carbocycles. The number of nitrogens with zero attached hydrogens (tertiary/aromatic N) is 4. The van der Waals surface area contributed by atoms with E-state index in [0.717, 1.165) is 6.42 Å². The lowest BCUT2D eigenvalue weighted by Gasteiger charge is -2.15. The van der Waals surface area contributed by atoms with Crippen LogP contribution in [0.4, 0.5) is 0 Å². The highest BCUT2D eigenvalue weighted by Crippen LogP contribution is 2.23. The van der Waals surface area contributed by atoms with Crippen LogP contribution in [0.2, 0.25) is 0 Å². The number of rotatable bonds is 6. The van der Waals surface area contributed by atoms with Gasteiger partial charge in [0.15, 0.2) is 5.82 Å². The van der Waals surface area contributed by atoms with Crippen LogP contribution >= 0.6 is 0 Å². The first-order valence-electron chi connectivity index (χ1n) is 6.30. The predicted octanol–water partition coefficient (Wildman–Crippen LogP) is 0.844. The Bertz CT molecular complexity index is 628. The van der Waals surface area contributed by atoms with Crippen LogP contribution in [0.15, 0.2) is 23.1 Å². The van der Waals surface area contributed by atoms with Gasteiger partial charge in [0, 0.05) is 17.8 Å². The number of tetrazole rings is 1. The first kappa shape index (κ1) is 13.9. The van der Waals surface area contributed by atoms with Crippen LogP contribution in [0.5, 0.6) is 0 Å². The maximum atomic E-state index is 11.1. The van der Waals surface area contributed by atoms with Crippen LogP contribution in [0.1, 0.15) is 32.2 Å². The van der Waals surface area contributed by atoms with Gasteiger partial charge in [-0.25, -0.2) is 4.68 Å². The molecule has 8 heteroatoms. The summed E-state index contributed by atoms with van der Waals surface area (Å²) in [7, 11) is 0. The van der Waals surface area contributed by atoms with Crippen molar-refractivity contribution in [2.24, 2.45) is 0 Å². The summed E-state index contributed by atoms with van der Waals surface area (Å²) in [6, 6.07) is 2.67. The smallest absolute Gasteiger partial charge is 0.305 e. The fourth-order valence-electron chi connectivity index (χ4n) is 2.02. The van der Waals surface area contributed by atoms with Crippen LogP contribution in [0.3, 0.4) is 0 Å². The molecule has 0 radical (unpaired) electrons. The standard InChI is InChI=1S/C12H15N5O3/c1-2-3-9(6-11(19)20)17-12(14-15-16-17)8-4-5-10(18)13-7-8/h4-5,7,9H,2-3,6H2,1H3,(H,13,18)(H,19,20). The van der Waals surface area contributed by atoms with Gasteiger partial charge < -0.3 is 10.1 Å². The van der Waals surface area contributed by atoms with Gasteiger partial charge in [0.25, 0.3) is 0 Å². The lowest BCUT2D eigenvalue weighted by atomic mass is 10.1. The van der Waals surface area contributed by atoms with Gasteiger partial charge in [0.2, 0.25) is 5.56 Å². The van der Waals surface area contributed by atoms with Gasteiger partial charge in [-0.1, -0.05) is 13.3 Å². The molecule has 0 spiro atoms. The van der Waals surface area contributed by atoms with Crippen molar-refractivity contribution in [3.05, 3.63) is 28.7 Å². The van der Waals surface area contributed by atoms with Crippen molar-refractivity contribution >= 4 is 5.97 Å². The fourth-order valence-corrected chi connectivity index (χ4v) is 2.02. The minimum Gasteiger partial charge on any atom is -0.481 e. The number of H-pyrrole nitrogens is 1. The van der Waals surface area contributed by atoms with E-state index in [2.05, 4.69) is 20.5 Å². The minimum absolute atomic E-state index is 0.0464. The van der Waals surface area contributed by atoms with Gasteiger partial charge in [-0.3, -0.25) is 9.59 Å². The van der Waals surface area contributed by atoms with E-state index in [-0.39, 0.29) is 18.0 Å². The Labute approximate surface area is 114 Å². The Morgan fingerprint density at radius 2 is 2.30 bits per heavy atom. The third kappa shape index (κ3) is 3.08. The highest BCUT2D eigenvalue weighted by Gasteiger charge is 2.20. The van der Waals surface area contributed by atoms with Gasteiger partial charge in [0.1, 0.15) is 0 Å². The van der Waals surface area contributed by atoms with E-state index in [1.807, 2.05) is 6.92 Å². The normalized spacial score (nSPS) is 12.2. The molecule has 2 rings (SSSR count). The number of carboxylic acid groups (broad SMARTS) is 1. The van der Waals surface area contributed by atoms with E-state index in [1.165, 1.54) is 16.9 Å². The monoisotopic (exact) mass is 277 g/mol. The molecule has 1 atom stereocenters. The van der Waals surface area contributed by atoms with E-state index < -0.39 is 5.97 Å². The van der Waals surface area contributed by atoms with Crippen molar-refractivity contribution in [3.8, 4) is 11.4 Å². The van der Waals surface area contributed by atoms with Crippen molar-refractivity contribution in [2.75, 3.05) is 0 Å². The Morgan fingerprint density at radius 3 is 2.90 bits per heavy atom. The summed E-state index contributed by atoms with van der Waals surface area (Å²) < 4.78 is 1.51. The summed E-state index contributed by atoms with van der Waals surface area (Å²) in [5.74, 6) is -0.452. The second-order valence-electron chi connectivity index (χ2n) is 4.43. The zero-order valence-corrected chi connectivity index (χ0v) is 11.0. The predicted molar refractivity (Wildman–Crippen MR) is 70.1 cm³/mol. The van der Waals surface area contributed by atoms with Gasteiger partial charge in [0.05, 0.1) is 12.5 Å². The third-order valence-electron chi connectivity index (χ3n) is 2.91. The third-order valence-corrected chi connectivity index (χ3v) is 2.91. The minimum atomic E-state index is -0.897. The first-order chi connectivity index (χ1) is 9.61. The molecular formula is C12H15N5O3. The molecular weight excluding hydrogens is 262 g/mol. The van der Waals surface area contributed by atoms with Crippen molar-refractivity contribution in [1.82, 2.24) is 25.2 Å². The number of aromatic nitrogens is 5. The summed E-state index contributed by atoms with van der Waals surface area (Å²) in [4.78, 5) is 24.6. The molecule has 0 bridgehead atoms. The lowest BCUT2D eigenvalue weighted by molar-refractivity contribution is -0.138. The number of hydrogen-bond donors (Lipinski definition) is 2. The second-order valence-corrected chi connectivity index (χ2v) is 4.43. The molecule has 0 aliphatic heterocycles. The summed E-state index contributed by atoms with van der Waals surface area (Å²) in [5.41, 5.74) is 0.421. The maximum Gasteiger partial charge on any atom is 0.305 e. The number of carboxylic acids is 1. The molecule has 0 amide bonds. The van der Waals surface area contributed by atoms with E-state index in [1.54, 1.807) is 6.07 Å². The van der Waals surface area contributed by atoms with E-state index >= 15 is 0 Å². The van der Waals surface area contributed by atoms with Crippen molar-refractivity contribution in [3.63, 3.8) is 0 Å². The summed E-state index contributed by atoms with van der Waals surface area (Å²) in [5, 5.41) is 20.4. The molecule has 0 saturated carbocycles. The fraction of sp³-hybridized carbons (Fsp3) is 0.417. The summed E-state index contributed by atoms with van der Waals surface area (Å²) in [6.45, 7) is 1.97. The molecule has 2 N–H and O–H groups in total. The Kier molecular flexibility index (Phi) is 4.24. The van der Waals surface area contributed by atoms with Gasteiger partial charge in [-0.05, 0) is 22.9 Å². The number of aromatic amines is 1. The Morgan fingerprint density at radius 1 is 1.50 bits per heavy atom. The highest BCUT2D eigenvalue weighted by molar-refractivity contribution is 5.67. The van der Waals surface area contributed by atoms with Crippen LogP contribution in [-0.2, 0) is 4.79 Å².